The first kappa shape index (κ1) is 11.5. The second-order valence-electron chi connectivity index (χ2n) is 4.48. The fourth-order valence-corrected chi connectivity index (χ4v) is 2.11. The minimum atomic E-state index is -4.22. The molecule has 0 heterocycles. The molecule has 0 bridgehead atoms. The zero-order chi connectivity index (χ0) is 11.9. The van der Waals surface area contributed by atoms with Crippen LogP contribution in [-0.4, -0.2) is 0 Å². The molecular weight excluding hydrogens is 213 g/mol. The molecule has 1 saturated carbocycles. The molecule has 3 heteroatoms. The van der Waals surface area contributed by atoms with E-state index < -0.39 is 11.7 Å². The molecule has 2 rings (SSSR count). The summed E-state index contributed by atoms with van der Waals surface area (Å²) < 4.78 is 38.5. The lowest BCUT2D eigenvalue weighted by Gasteiger charge is -2.15. The molecule has 1 aliphatic rings. The van der Waals surface area contributed by atoms with Gasteiger partial charge in [0.1, 0.15) is 0 Å². The fourth-order valence-electron chi connectivity index (χ4n) is 2.11. The van der Waals surface area contributed by atoms with Gasteiger partial charge in [-0.05, 0) is 54.9 Å². The van der Waals surface area contributed by atoms with Gasteiger partial charge in [0.15, 0.2) is 0 Å². The average molecular weight is 228 g/mol. The Labute approximate surface area is 93.5 Å². The van der Waals surface area contributed by atoms with Crippen LogP contribution >= 0.6 is 0 Å². The molecule has 1 fully saturated rings. The number of hydrogen-bond donors (Lipinski definition) is 0. The fraction of sp³-hybridized carbons (Fsp3) is 0.538. The highest BCUT2D eigenvalue weighted by atomic mass is 19.4. The second-order valence-corrected chi connectivity index (χ2v) is 4.48. The van der Waals surface area contributed by atoms with Crippen LogP contribution in [0.5, 0.6) is 0 Å². The average Bonchev–Trinajstić information content (AvgIpc) is 2.99. The van der Waals surface area contributed by atoms with Crippen molar-refractivity contribution in [2.75, 3.05) is 0 Å². The van der Waals surface area contributed by atoms with Crippen molar-refractivity contribution in [1.82, 2.24) is 0 Å². The van der Waals surface area contributed by atoms with Gasteiger partial charge in [-0.25, -0.2) is 0 Å². The molecule has 0 nitrogen and oxygen atoms in total. The molecule has 0 amide bonds. The highest BCUT2D eigenvalue weighted by Gasteiger charge is 2.35. The van der Waals surface area contributed by atoms with Gasteiger partial charge in [-0.2, -0.15) is 13.2 Å². The molecule has 0 aromatic heterocycles. The minimum Gasteiger partial charge on any atom is -0.166 e. The SMILES string of the molecule is CCc1cc(C2CC2)cc(C(F)(F)F)c1C. The van der Waals surface area contributed by atoms with E-state index in [0.29, 0.717) is 17.9 Å². The lowest BCUT2D eigenvalue weighted by molar-refractivity contribution is -0.138. The van der Waals surface area contributed by atoms with Crippen molar-refractivity contribution in [3.05, 3.63) is 34.4 Å². The minimum absolute atomic E-state index is 0.368. The lowest BCUT2D eigenvalue weighted by Crippen LogP contribution is -2.10. The second kappa shape index (κ2) is 3.79. The Kier molecular flexibility index (Phi) is 2.72. The van der Waals surface area contributed by atoms with Crippen molar-refractivity contribution < 1.29 is 13.2 Å². The third-order valence-corrected chi connectivity index (χ3v) is 3.27. The van der Waals surface area contributed by atoms with E-state index in [-0.39, 0.29) is 0 Å². The first-order valence-corrected chi connectivity index (χ1v) is 5.64. The van der Waals surface area contributed by atoms with Crippen LogP contribution in [0.2, 0.25) is 0 Å². The van der Waals surface area contributed by atoms with Crippen LogP contribution in [0, 0.1) is 6.92 Å². The van der Waals surface area contributed by atoms with E-state index in [0.717, 1.165) is 24.0 Å². The Morgan fingerprint density at radius 3 is 2.31 bits per heavy atom. The monoisotopic (exact) mass is 228 g/mol. The quantitative estimate of drug-likeness (QED) is 0.701. The number of halogens is 3. The Hall–Kier alpha value is -0.990. The maximum absolute atomic E-state index is 12.8. The van der Waals surface area contributed by atoms with Gasteiger partial charge in [0, 0.05) is 0 Å². The Morgan fingerprint density at radius 2 is 1.88 bits per heavy atom. The van der Waals surface area contributed by atoms with E-state index in [1.807, 2.05) is 13.0 Å². The Morgan fingerprint density at radius 1 is 1.25 bits per heavy atom. The van der Waals surface area contributed by atoms with E-state index in [2.05, 4.69) is 0 Å². The predicted octanol–water partition coefficient (Wildman–Crippen LogP) is 4.45. The molecule has 0 unspecified atom stereocenters. The summed E-state index contributed by atoms with van der Waals surface area (Å²) in [6.07, 6.45) is -1.50. The van der Waals surface area contributed by atoms with Crippen LogP contribution in [0.4, 0.5) is 13.2 Å². The van der Waals surface area contributed by atoms with Crippen LogP contribution in [0.25, 0.3) is 0 Å². The van der Waals surface area contributed by atoms with Crippen LogP contribution < -0.4 is 0 Å². The topological polar surface area (TPSA) is 0 Å². The smallest absolute Gasteiger partial charge is 0.166 e. The van der Waals surface area contributed by atoms with Crippen LogP contribution in [0.15, 0.2) is 12.1 Å². The molecular formula is C13H15F3. The summed E-state index contributed by atoms with van der Waals surface area (Å²) in [7, 11) is 0. The highest BCUT2D eigenvalue weighted by molar-refractivity contribution is 5.42. The van der Waals surface area contributed by atoms with E-state index in [1.165, 1.54) is 6.07 Å². The maximum Gasteiger partial charge on any atom is 0.416 e. The van der Waals surface area contributed by atoms with Crippen molar-refractivity contribution in [2.45, 2.75) is 45.2 Å². The molecule has 0 aliphatic heterocycles. The molecule has 16 heavy (non-hydrogen) atoms. The molecule has 1 aromatic carbocycles. The third kappa shape index (κ3) is 2.08. The van der Waals surface area contributed by atoms with Gasteiger partial charge in [0.25, 0.3) is 0 Å². The summed E-state index contributed by atoms with van der Waals surface area (Å²) in [6, 6.07) is 3.29. The number of aryl methyl sites for hydroxylation is 1. The molecule has 0 N–H and O–H groups in total. The number of rotatable bonds is 2. The summed E-state index contributed by atoms with van der Waals surface area (Å²) >= 11 is 0. The standard InChI is InChI=1S/C13H15F3/c1-3-9-6-11(10-4-5-10)7-12(8(9)2)13(14,15)16/h6-7,10H,3-5H2,1-2H3. The van der Waals surface area contributed by atoms with Crippen molar-refractivity contribution >= 4 is 0 Å². The molecule has 1 aliphatic carbocycles. The molecule has 0 atom stereocenters. The van der Waals surface area contributed by atoms with Gasteiger partial charge in [-0.3, -0.25) is 0 Å². The number of benzene rings is 1. The van der Waals surface area contributed by atoms with Crippen molar-refractivity contribution in [3.63, 3.8) is 0 Å². The summed E-state index contributed by atoms with van der Waals surface area (Å²) in [6.45, 7) is 3.47. The van der Waals surface area contributed by atoms with E-state index in [9.17, 15) is 13.2 Å². The van der Waals surface area contributed by atoms with E-state index in [1.54, 1.807) is 6.92 Å². The number of alkyl halides is 3. The Balaban J connectivity index is 2.53. The maximum atomic E-state index is 12.8. The van der Waals surface area contributed by atoms with Gasteiger partial charge in [0.2, 0.25) is 0 Å². The largest absolute Gasteiger partial charge is 0.416 e. The summed E-state index contributed by atoms with van der Waals surface area (Å²) in [5.41, 5.74) is 1.64. The van der Waals surface area contributed by atoms with Crippen LogP contribution in [0.3, 0.4) is 0 Å². The van der Waals surface area contributed by atoms with Gasteiger partial charge >= 0.3 is 6.18 Å². The van der Waals surface area contributed by atoms with Gasteiger partial charge < -0.3 is 0 Å². The zero-order valence-electron chi connectivity index (χ0n) is 9.49. The first-order valence-electron chi connectivity index (χ1n) is 5.64. The predicted molar refractivity (Wildman–Crippen MR) is 57.5 cm³/mol. The lowest BCUT2D eigenvalue weighted by atomic mass is 9.95. The number of hydrogen-bond acceptors (Lipinski definition) is 0. The molecule has 0 spiro atoms. The van der Waals surface area contributed by atoms with Gasteiger partial charge in [-0.15, -0.1) is 0 Å². The summed E-state index contributed by atoms with van der Waals surface area (Å²) in [4.78, 5) is 0. The van der Waals surface area contributed by atoms with Gasteiger partial charge in [0.05, 0.1) is 5.56 Å². The van der Waals surface area contributed by atoms with Crippen LogP contribution in [0.1, 0.15) is 47.9 Å². The zero-order valence-corrected chi connectivity index (χ0v) is 9.49. The molecule has 88 valence electrons. The van der Waals surface area contributed by atoms with E-state index in [4.69, 9.17) is 0 Å². The van der Waals surface area contributed by atoms with Gasteiger partial charge in [-0.1, -0.05) is 13.0 Å². The van der Waals surface area contributed by atoms with Crippen molar-refractivity contribution in [2.24, 2.45) is 0 Å². The van der Waals surface area contributed by atoms with Crippen molar-refractivity contribution in [1.29, 1.82) is 0 Å². The molecule has 0 saturated heterocycles. The Bertz CT molecular complexity index is 400. The van der Waals surface area contributed by atoms with Crippen molar-refractivity contribution in [3.8, 4) is 0 Å². The van der Waals surface area contributed by atoms with E-state index >= 15 is 0 Å². The normalized spacial score (nSPS) is 16.6. The third-order valence-electron chi connectivity index (χ3n) is 3.27. The first-order chi connectivity index (χ1) is 7.43. The molecule has 1 aromatic rings. The molecule has 0 radical (unpaired) electrons. The highest BCUT2D eigenvalue weighted by Crippen LogP contribution is 2.43. The summed E-state index contributed by atoms with van der Waals surface area (Å²) in [5.74, 6) is 0.368. The van der Waals surface area contributed by atoms with Crippen LogP contribution in [-0.2, 0) is 12.6 Å². The summed E-state index contributed by atoms with van der Waals surface area (Å²) in [5, 5.41) is 0.